The van der Waals surface area contributed by atoms with Crippen LogP contribution in [-0.4, -0.2) is 49.2 Å². The van der Waals surface area contributed by atoms with Gasteiger partial charge in [-0.1, -0.05) is 27.7 Å². The van der Waals surface area contributed by atoms with Crippen LogP contribution in [0.4, 0.5) is 5.13 Å². The van der Waals surface area contributed by atoms with Gasteiger partial charge in [-0.2, -0.15) is 0 Å². The highest BCUT2D eigenvalue weighted by Gasteiger charge is 2.20. The van der Waals surface area contributed by atoms with Crippen molar-refractivity contribution < 1.29 is 0 Å². The average molecular weight is 311 g/mol. The molecule has 2 rings (SSSR count). The van der Waals surface area contributed by atoms with Crippen molar-refractivity contribution in [2.45, 2.75) is 52.6 Å². The lowest BCUT2D eigenvalue weighted by Gasteiger charge is -2.19. The third kappa shape index (κ3) is 4.66. The van der Waals surface area contributed by atoms with Crippen molar-refractivity contribution in [3.05, 3.63) is 10.6 Å². The minimum absolute atomic E-state index is 0.494. The van der Waals surface area contributed by atoms with Crippen molar-refractivity contribution >= 4 is 16.5 Å². The molecule has 4 nitrogen and oxygen atoms in total. The molecular weight excluding hydrogens is 280 g/mol. The van der Waals surface area contributed by atoms with Crippen molar-refractivity contribution in [2.75, 3.05) is 38.1 Å². The number of thiazole rings is 1. The molecule has 0 amide bonds. The number of hydrogen-bond donors (Lipinski definition) is 1. The quantitative estimate of drug-likeness (QED) is 0.906. The van der Waals surface area contributed by atoms with Gasteiger partial charge in [0.25, 0.3) is 0 Å². The zero-order valence-electron chi connectivity index (χ0n) is 14.1. The van der Waals surface area contributed by atoms with Gasteiger partial charge in [0.1, 0.15) is 0 Å². The summed E-state index contributed by atoms with van der Waals surface area (Å²) in [5.74, 6) is 0.494. The summed E-state index contributed by atoms with van der Waals surface area (Å²) in [5, 5.41) is 4.75. The normalized spacial score (nSPS) is 17.8. The molecule has 0 saturated carbocycles. The van der Waals surface area contributed by atoms with Crippen molar-refractivity contribution in [3.63, 3.8) is 0 Å². The molecule has 2 heterocycles. The van der Waals surface area contributed by atoms with E-state index in [2.05, 4.69) is 49.9 Å². The molecule has 0 atom stereocenters. The summed E-state index contributed by atoms with van der Waals surface area (Å²) < 4.78 is 0. The molecule has 1 aliphatic rings. The molecule has 21 heavy (non-hydrogen) atoms. The third-order valence-electron chi connectivity index (χ3n) is 3.92. The van der Waals surface area contributed by atoms with E-state index in [1.54, 1.807) is 0 Å². The topological polar surface area (TPSA) is 31.4 Å². The first kappa shape index (κ1) is 16.7. The largest absolute Gasteiger partial charge is 0.347 e. The van der Waals surface area contributed by atoms with Gasteiger partial charge in [-0.25, -0.2) is 4.98 Å². The summed E-state index contributed by atoms with van der Waals surface area (Å²) >= 11 is 1.88. The summed E-state index contributed by atoms with van der Waals surface area (Å²) in [7, 11) is 2.21. The Labute approximate surface area is 133 Å². The van der Waals surface area contributed by atoms with Crippen LogP contribution in [-0.2, 0) is 6.54 Å². The Hall–Kier alpha value is -0.650. The fraction of sp³-hybridized carbons (Fsp3) is 0.812. The highest BCUT2D eigenvalue weighted by molar-refractivity contribution is 7.15. The summed E-state index contributed by atoms with van der Waals surface area (Å²) in [6, 6.07) is 0.516. The number of likely N-dealkylation sites (N-methyl/N-ethyl adjacent to an activating group) is 1. The lowest BCUT2D eigenvalue weighted by Crippen LogP contribution is -2.28. The molecule has 0 bridgehead atoms. The van der Waals surface area contributed by atoms with Crippen LogP contribution in [0.15, 0.2) is 0 Å². The van der Waals surface area contributed by atoms with Crippen LogP contribution in [0.1, 0.15) is 50.6 Å². The molecule has 0 unspecified atom stereocenters. The Balaban J connectivity index is 2.14. The summed E-state index contributed by atoms with van der Waals surface area (Å²) in [5.41, 5.74) is 1.28. The van der Waals surface area contributed by atoms with E-state index >= 15 is 0 Å². The standard InChI is InChI=1S/C16H30N4S/c1-12(2)15-14(11-17-13(3)4)21-16(18-15)20-8-6-7-19(5)9-10-20/h12-13,17H,6-11H2,1-5H3. The molecule has 0 aromatic carbocycles. The Bertz CT molecular complexity index is 441. The van der Waals surface area contributed by atoms with Crippen LogP contribution >= 0.6 is 11.3 Å². The zero-order chi connectivity index (χ0) is 15.4. The molecule has 1 aromatic heterocycles. The molecule has 1 saturated heterocycles. The lowest BCUT2D eigenvalue weighted by atomic mass is 10.1. The van der Waals surface area contributed by atoms with E-state index < -0.39 is 0 Å². The molecule has 1 aliphatic heterocycles. The molecule has 0 spiro atoms. The molecule has 0 aliphatic carbocycles. The van der Waals surface area contributed by atoms with Gasteiger partial charge in [0.05, 0.1) is 5.69 Å². The summed E-state index contributed by atoms with van der Waals surface area (Å²) in [6.45, 7) is 14.4. The molecule has 0 radical (unpaired) electrons. The van der Waals surface area contributed by atoms with E-state index in [0.717, 1.165) is 26.2 Å². The van der Waals surface area contributed by atoms with Crippen molar-refractivity contribution in [1.29, 1.82) is 0 Å². The summed E-state index contributed by atoms with van der Waals surface area (Å²) in [6.07, 6.45) is 1.23. The maximum absolute atomic E-state index is 4.96. The Morgan fingerprint density at radius 3 is 2.57 bits per heavy atom. The van der Waals surface area contributed by atoms with E-state index in [-0.39, 0.29) is 0 Å². The van der Waals surface area contributed by atoms with Crippen molar-refractivity contribution in [2.24, 2.45) is 0 Å². The van der Waals surface area contributed by atoms with Crippen LogP contribution in [0.25, 0.3) is 0 Å². The smallest absolute Gasteiger partial charge is 0.185 e. The molecule has 1 N–H and O–H groups in total. The monoisotopic (exact) mass is 310 g/mol. The van der Waals surface area contributed by atoms with E-state index in [0.29, 0.717) is 12.0 Å². The zero-order valence-corrected chi connectivity index (χ0v) is 15.0. The number of anilines is 1. The first-order valence-electron chi connectivity index (χ1n) is 8.14. The van der Waals surface area contributed by atoms with Crippen LogP contribution < -0.4 is 10.2 Å². The minimum atomic E-state index is 0.494. The lowest BCUT2D eigenvalue weighted by molar-refractivity contribution is 0.360. The fourth-order valence-electron chi connectivity index (χ4n) is 2.60. The SMILES string of the molecule is CC(C)NCc1sc(N2CCCN(C)CC2)nc1C(C)C. The second kappa shape index (κ2) is 7.56. The predicted molar refractivity (Wildman–Crippen MR) is 92.5 cm³/mol. The first-order valence-corrected chi connectivity index (χ1v) is 8.95. The number of hydrogen-bond acceptors (Lipinski definition) is 5. The van der Waals surface area contributed by atoms with Gasteiger partial charge in [-0.15, -0.1) is 11.3 Å². The molecule has 120 valence electrons. The average Bonchev–Trinajstić information content (AvgIpc) is 2.73. The van der Waals surface area contributed by atoms with Gasteiger partial charge in [-0.3, -0.25) is 0 Å². The maximum Gasteiger partial charge on any atom is 0.185 e. The molecular formula is C16H30N4S. The van der Waals surface area contributed by atoms with Crippen molar-refractivity contribution in [3.8, 4) is 0 Å². The van der Waals surface area contributed by atoms with Gasteiger partial charge >= 0.3 is 0 Å². The maximum atomic E-state index is 4.96. The van der Waals surface area contributed by atoms with E-state index in [1.807, 2.05) is 11.3 Å². The van der Waals surface area contributed by atoms with Crippen LogP contribution in [0.2, 0.25) is 0 Å². The number of nitrogens with one attached hydrogen (secondary N) is 1. The van der Waals surface area contributed by atoms with Gasteiger partial charge in [0, 0.05) is 37.1 Å². The second-order valence-corrected chi connectivity index (χ2v) is 7.70. The fourth-order valence-corrected chi connectivity index (χ4v) is 3.82. The molecule has 1 aromatic rings. The number of nitrogens with zero attached hydrogens (tertiary/aromatic N) is 3. The van der Waals surface area contributed by atoms with Gasteiger partial charge in [0.2, 0.25) is 0 Å². The number of aromatic nitrogens is 1. The first-order chi connectivity index (χ1) is 9.97. The molecule has 5 heteroatoms. The Morgan fingerprint density at radius 2 is 1.90 bits per heavy atom. The summed E-state index contributed by atoms with van der Waals surface area (Å²) in [4.78, 5) is 11.3. The van der Waals surface area contributed by atoms with E-state index in [9.17, 15) is 0 Å². The predicted octanol–water partition coefficient (Wildman–Crippen LogP) is 2.91. The second-order valence-electron chi connectivity index (χ2n) is 6.64. The van der Waals surface area contributed by atoms with Gasteiger partial charge in [0.15, 0.2) is 5.13 Å². The Morgan fingerprint density at radius 1 is 1.14 bits per heavy atom. The highest BCUT2D eigenvalue weighted by atomic mass is 32.1. The molecule has 1 fully saturated rings. The van der Waals surface area contributed by atoms with Crippen LogP contribution in [0.3, 0.4) is 0 Å². The highest BCUT2D eigenvalue weighted by Crippen LogP contribution is 2.31. The van der Waals surface area contributed by atoms with Crippen LogP contribution in [0.5, 0.6) is 0 Å². The van der Waals surface area contributed by atoms with E-state index in [1.165, 1.54) is 28.7 Å². The van der Waals surface area contributed by atoms with Gasteiger partial charge < -0.3 is 15.1 Å². The van der Waals surface area contributed by atoms with Crippen LogP contribution in [0, 0.1) is 0 Å². The van der Waals surface area contributed by atoms with Crippen molar-refractivity contribution in [1.82, 2.24) is 15.2 Å². The minimum Gasteiger partial charge on any atom is -0.347 e. The third-order valence-corrected chi connectivity index (χ3v) is 5.06. The van der Waals surface area contributed by atoms with E-state index in [4.69, 9.17) is 4.98 Å². The Kier molecular flexibility index (Phi) is 6.02. The number of rotatable bonds is 5. The van der Waals surface area contributed by atoms with Gasteiger partial charge in [-0.05, 0) is 25.9 Å².